The Morgan fingerprint density at radius 1 is 1.42 bits per heavy atom. The minimum absolute atomic E-state index is 0.0122. The second kappa shape index (κ2) is 6.38. The highest BCUT2D eigenvalue weighted by molar-refractivity contribution is 6.04. The van der Waals surface area contributed by atoms with Crippen LogP contribution in [0.4, 0.5) is 14.5 Å². The normalized spacial score (nSPS) is 17.6. The van der Waals surface area contributed by atoms with Crippen LogP contribution in [0.25, 0.3) is 10.9 Å². The molecule has 1 fully saturated rings. The number of nitrogens with zero attached hydrogens (tertiary/aromatic N) is 2. The van der Waals surface area contributed by atoms with E-state index < -0.39 is 12.5 Å². The van der Waals surface area contributed by atoms with Crippen molar-refractivity contribution >= 4 is 28.4 Å². The lowest BCUT2D eigenvalue weighted by Crippen LogP contribution is -2.25. The fourth-order valence-electron chi connectivity index (χ4n) is 2.72. The molecule has 126 valence electrons. The van der Waals surface area contributed by atoms with E-state index in [4.69, 9.17) is 0 Å². The number of hydrogen-bond donors (Lipinski definition) is 1. The Morgan fingerprint density at radius 3 is 2.88 bits per heavy atom. The number of halogens is 2. The second-order valence-corrected chi connectivity index (χ2v) is 5.55. The summed E-state index contributed by atoms with van der Waals surface area (Å²) in [5.41, 5.74) is 0.737. The van der Waals surface area contributed by atoms with Gasteiger partial charge in [0.2, 0.25) is 11.8 Å². The highest BCUT2D eigenvalue weighted by Gasteiger charge is 2.32. The van der Waals surface area contributed by atoms with Crippen molar-refractivity contribution in [1.82, 2.24) is 9.88 Å². The van der Waals surface area contributed by atoms with Gasteiger partial charge in [-0.2, -0.15) is 8.78 Å². The van der Waals surface area contributed by atoms with Gasteiger partial charge in [-0.1, -0.05) is 0 Å². The molecule has 1 aliphatic rings. The number of carbonyl (C=O) groups is 2. The van der Waals surface area contributed by atoms with Crippen molar-refractivity contribution in [3.05, 3.63) is 30.5 Å². The monoisotopic (exact) mass is 335 g/mol. The molecule has 0 unspecified atom stereocenters. The van der Waals surface area contributed by atoms with Gasteiger partial charge in [0, 0.05) is 31.6 Å². The third-order valence-corrected chi connectivity index (χ3v) is 3.92. The molecule has 24 heavy (non-hydrogen) atoms. The van der Waals surface area contributed by atoms with Crippen LogP contribution in [-0.2, 0) is 9.59 Å². The largest absolute Gasteiger partial charge is 0.434 e. The number of anilines is 1. The first-order chi connectivity index (χ1) is 11.5. The SMILES string of the molecule is CN1C[C@@H](C(=O)Nc2ccc(OC(F)F)c3cccnc23)CC1=O. The number of alkyl halides is 2. The van der Waals surface area contributed by atoms with Gasteiger partial charge in [0.15, 0.2) is 0 Å². The van der Waals surface area contributed by atoms with Crippen LogP contribution in [0.2, 0.25) is 0 Å². The van der Waals surface area contributed by atoms with E-state index in [2.05, 4.69) is 15.0 Å². The molecule has 6 nitrogen and oxygen atoms in total. The second-order valence-electron chi connectivity index (χ2n) is 5.55. The number of likely N-dealkylation sites (tertiary alicyclic amines) is 1. The average molecular weight is 335 g/mol. The summed E-state index contributed by atoms with van der Waals surface area (Å²) in [7, 11) is 1.64. The third-order valence-electron chi connectivity index (χ3n) is 3.92. The molecule has 1 aromatic carbocycles. The summed E-state index contributed by atoms with van der Waals surface area (Å²) in [5.74, 6) is -0.846. The van der Waals surface area contributed by atoms with Gasteiger partial charge in [-0.3, -0.25) is 14.6 Å². The molecule has 0 bridgehead atoms. The van der Waals surface area contributed by atoms with Crippen molar-refractivity contribution in [3.8, 4) is 5.75 Å². The molecule has 1 aromatic heterocycles. The number of benzene rings is 1. The first kappa shape index (κ1) is 16.1. The van der Waals surface area contributed by atoms with E-state index in [1.165, 1.54) is 23.2 Å². The summed E-state index contributed by atoms with van der Waals surface area (Å²) >= 11 is 0. The molecule has 3 rings (SSSR count). The molecular weight excluding hydrogens is 320 g/mol. The highest BCUT2D eigenvalue weighted by atomic mass is 19.3. The predicted molar refractivity (Wildman–Crippen MR) is 82.7 cm³/mol. The molecule has 0 spiro atoms. The number of aromatic nitrogens is 1. The van der Waals surface area contributed by atoms with Crippen LogP contribution in [0, 0.1) is 5.92 Å². The van der Waals surface area contributed by atoms with E-state index in [1.54, 1.807) is 19.2 Å². The lowest BCUT2D eigenvalue weighted by Gasteiger charge is -2.14. The summed E-state index contributed by atoms with van der Waals surface area (Å²) < 4.78 is 29.5. The summed E-state index contributed by atoms with van der Waals surface area (Å²) in [6.45, 7) is -2.60. The fraction of sp³-hybridized carbons (Fsp3) is 0.312. The summed E-state index contributed by atoms with van der Waals surface area (Å²) in [6.07, 6.45) is 1.65. The van der Waals surface area contributed by atoms with Crippen LogP contribution in [-0.4, -0.2) is 41.9 Å². The molecule has 1 saturated heterocycles. The van der Waals surface area contributed by atoms with Gasteiger partial charge in [0.1, 0.15) is 5.75 Å². The van der Waals surface area contributed by atoms with Gasteiger partial charge >= 0.3 is 6.61 Å². The lowest BCUT2D eigenvalue weighted by molar-refractivity contribution is -0.127. The van der Waals surface area contributed by atoms with Gasteiger partial charge in [-0.05, 0) is 24.3 Å². The predicted octanol–water partition coefficient (Wildman–Crippen LogP) is 2.25. The molecular formula is C16H15F2N3O3. The van der Waals surface area contributed by atoms with Gasteiger partial charge in [0.25, 0.3) is 0 Å². The van der Waals surface area contributed by atoms with Gasteiger partial charge < -0.3 is 15.0 Å². The van der Waals surface area contributed by atoms with Crippen LogP contribution in [0.3, 0.4) is 0 Å². The first-order valence-corrected chi connectivity index (χ1v) is 7.33. The first-order valence-electron chi connectivity index (χ1n) is 7.33. The summed E-state index contributed by atoms with van der Waals surface area (Å²) in [5, 5.41) is 3.10. The fourth-order valence-corrected chi connectivity index (χ4v) is 2.72. The van der Waals surface area contributed by atoms with E-state index in [0.717, 1.165) is 0 Å². The Hall–Kier alpha value is -2.77. The van der Waals surface area contributed by atoms with E-state index in [-0.39, 0.29) is 24.0 Å². The van der Waals surface area contributed by atoms with Gasteiger partial charge in [-0.25, -0.2) is 0 Å². The average Bonchev–Trinajstić information content (AvgIpc) is 2.89. The van der Waals surface area contributed by atoms with E-state index >= 15 is 0 Å². The number of hydrogen-bond acceptors (Lipinski definition) is 4. The molecule has 1 N–H and O–H groups in total. The maximum Gasteiger partial charge on any atom is 0.387 e. The van der Waals surface area contributed by atoms with Gasteiger partial charge in [-0.15, -0.1) is 0 Å². The number of fused-ring (bicyclic) bond motifs is 1. The van der Waals surface area contributed by atoms with Crippen LogP contribution in [0.15, 0.2) is 30.5 Å². The topological polar surface area (TPSA) is 71.5 Å². The Morgan fingerprint density at radius 2 is 2.21 bits per heavy atom. The molecule has 2 amide bonds. The van der Waals surface area contributed by atoms with E-state index in [1.807, 2.05) is 0 Å². The molecule has 8 heteroatoms. The zero-order chi connectivity index (χ0) is 17.3. The number of pyridine rings is 1. The molecule has 0 radical (unpaired) electrons. The Kier molecular flexibility index (Phi) is 4.28. The van der Waals surface area contributed by atoms with Crippen molar-refractivity contribution in [1.29, 1.82) is 0 Å². The van der Waals surface area contributed by atoms with Crippen molar-refractivity contribution in [2.75, 3.05) is 18.9 Å². The van der Waals surface area contributed by atoms with Crippen LogP contribution >= 0.6 is 0 Å². The van der Waals surface area contributed by atoms with Crippen LogP contribution < -0.4 is 10.1 Å². The summed E-state index contributed by atoms with van der Waals surface area (Å²) in [4.78, 5) is 29.5. The zero-order valence-electron chi connectivity index (χ0n) is 12.8. The number of carbonyl (C=O) groups excluding carboxylic acids is 2. The smallest absolute Gasteiger partial charge is 0.387 e. The minimum atomic E-state index is -2.95. The van der Waals surface area contributed by atoms with Gasteiger partial charge in [0.05, 0.1) is 17.1 Å². The third kappa shape index (κ3) is 3.12. The molecule has 0 saturated carbocycles. The molecule has 1 atom stereocenters. The molecule has 2 heterocycles. The van der Waals surface area contributed by atoms with Crippen molar-refractivity contribution in [3.63, 3.8) is 0 Å². The highest BCUT2D eigenvalue weighted by Crippen LogP contribution is 2.31. The maximum atomic E-state index is 12.5. The molecule has 0 aliphatic carbocycles. The standard InChI is InChI=1S/C16H15F2N3O3/c1-21-8-9(7-13(21)22)15(23)20-11-4-5-12(24-16(17)18)10-3-2-6-19-14(10)11/h2-6,9,16H,7-8H2,1H3,(H,20,23)/t9-/m0/s1. The van der Waals surface area contributed by atoms with Crippen molar-refractivity contribution < 1.29 is 23.1 Å². The Labute approximate surface area is 136 Å². The van der Waals surface area contributed by atoms with Crippen molar-refractivity contribution in [2.45, 2.75) is 13.0 Å². The quantitative estimate of drug-likeness (QED) is 0.930. The number of amides is 2. The minimum Gasteiger partial charge on any atom is -0.434 e. The zero-order valence-corrected chi connectivity index (χ0v) is 12.8. The number of rotatable bonds is 4. The number of ether oxygens (including phenoxy) is 1. The van der Waals surface area contributed by atoms with E-state index in [9.17, 15) is 18.4 Å². The van der Waals surface area contributed by atoms with Crippen LogP contribution in [0.5, 0.6) is 5.75 Å². The Bertz CT molecular complexity index is 797. The van der Waals surface area contributed by atoms with Crippen molar-refractivity contribution in [2.24, 2.45) is 5.92 Å². The summed E-state index contributed by atoms with van der Waals surface area (Å²) in [6, 6.07) is 6.00. The van der Waals surface area contributed by atoms with E-state index in [0.29, 0.717) is 23.1 Å². The molecule has 1 aliphatic heterocycles. The maximum absolute atomic E-state index is 12.5. The lowest BCUT2D eigenvalue weighted by atomic mass is 10.1. The number of nitrogens with one attached hydrogen (secondary N) is 1. The molecule has 2 aromatic rings. The Balaban J connectivity index is 1.88. The van der Waals surface area contributed by atoms with Crippen LogP contribution in [0.1, 0.15) is 6.42 Å².